The zero-order chi connectivity index (χ0) is 25.5. The van der Waals surface area contributed by atoms with E-state index in [2.05, 4.69) is 15.0 Å². The molecule has 1 aromatic heterocycles. The van der Waals surface area contributed by atoms with Crippen molar-refractivity contribution in [1.29, 1.82) is 5.26 Å². The topological polar surface area (TPSA) is 95.2 Å². The van der Waals surface area contributed by atoms with Crippen LogP contribution in [0.15, 0.2) is 41.5 Å². The molecule has 3 aromatic rings. The number of anilines is 1. The minimum Gasteiger partial charge on any atom is -0.453 e. The third-order valence-corrected chi connectivity index (χ3v) is 7.34. The molecule has 2 N–H and O–H groups in total. The van der Waals surface area contributed by atoms with Crippen LogP contribution in [0.5, 0.6) is 11.5 Å². The van der Waals surface area contributed by atoms with Gasteiger partial charge in [-0.2, -0.15) is 5.26 Å². The van der Waals surface area contributed by atoms with Gasteiger partial charge in [-0.25, -0.2) is 13.7 Å². The molecule has 190 valence electrons. The average Bonchev–Trinajstić information content (AvgIpc) is 2.91. The Bertz CT molecular complexity index is 1300. The third-order valence-electron chi connectivity index (χ3n) is 6.46. The molecule has 8 nitrogen and oxygen atoms in total. The summed E-state index contributed by atoms with van der Waals surface area (Å²) >= 11 is 1.30. The first-order valence-corrected chi connectivity index (χ1v) is 13.0. The van der Waals surface area contributed by atoms with E-state index in [9.17, 15) is 14.4 Å². The Balaban J connectivity index is 1.54. The molecule has 0 amide bonds. The van der Waals surface area contributed by atoms with E-state index in [4.69, 9.17) is 4.74 Å². The Morgan fingerprint density at radius 2 is 2.14 bits per heavy atom. The molecule has 2 heterocycles. The minimum atomic E-state index is -0.660. The summed E-state index contributed by atoms with van der Waals surface area (Å²) in [5.41, 5.74) is 0.870. The molecular weight excluding hydrogens is 479 g/mol. The molecule has 36 heavy (non-hydrogen) atoms. The number of rotatable bonds is 10. The number of aryl methyl sites for hydroxylation is 1. The first-order valence-electron chi connectivity index (χ1n) is 12.2. The molecule has 0 saturated carbocycles. The van der Waals surface area contributed by atoms with Crippen LogP contribution in [0.3, 0.4) is 0 Å². The molecule has 2 aromatic carbocycles. The van der Waals surface area contributed by atoms with Crippen molar-refractivity contribution in [2.45, 2.75) is 39.2 Å². The molecule has 1 fully saturated rings. The fraction of sp³-hybridized carbons (Fsp3) is 0.423. The molecule has 1 saturated heterocycles. The van der Waals surface area contributed by atoms with Crippen molar-refractivity contribution in [2.24, 2.45) is 5.92 Å². The Kier molecular flexibility index (Phi) is 8.80. The maximum atomic E-state index is 14.7. The van der Waals surface area contributed by atoms with Crippen molar-refractivity contribution in [1.82, 2.24) is 19.2 Å². The van der Waals surface area contributed by atoms with Crippen molar-refractivity contribution < 1.29 is 9.13 Å². The lowest BCUT2D eigenvalue weighted by molar-refractivity contribution is 0.339. The zero-order valence-corrected chi connectivity index (χ0v) is 21.4. The van der Waals surface area contributed by atoms with Gasteiger partial charge in [-0.1, -0.05) is 6.92 Å². The molecule has 0 aliphatic carbocycles. The number of benzene rings is 2. The van der Waals surface area contributed by atoms with E-state index >= 15 is 0 Å². The minimum absolute atomic E-state index is 0.0496. The summed E-state index contributed by atoms with van der Waals surface area (Å²) in [5, 5.41) is 13.5. The fourth-order valence-electron chi connectivity index (χ4n) is 4.24. The molecule has 0 radical (unpaired) electrons. The highest BCUT2D eigenvalue weighted by molar-refractivity contribution is 7.98. The summed E-state index contributed by atoms with van der Waals surface area (Å²) in [4.78, 5) is 17.6. The van der Waals surface area contributed by atoms with E-state index in [-0.39, 0.29) is 22.6 Å². The SMILES string of the molecule is CCN(C)SNc1ccc(F)c(Oc2ccc3ncn(CCCC4CCNCC4)c(=O)c3c2)c1C#N. The zero-order valence-electron chi connectivity index (χ0n) is 20.6. The molecule has 4 rings (SSSR count). The van der Waals surface area contributed by atoms with Gasteiger partial charge in [0.05, 0.1) is 22.9 Å². The van der Waals surface area contributed by atoms with Crippen LogP contribution in [0.2, 0.25) is 0 Å². The van der Waals surface area contributed by atoms with Gasteiger partial charge in [-0.15, -0.1) is 0 Å². The first kappa shape index (κ1) is 25.9. The van der Waals surface area contributed by atoms with Gasteiger partial charge in [0, 0.05) is 25.2 Å². The Labute approximate surface area is 214 Å². The standard InChI is InChI=1S/C26H31FN6O2S/c1-3-32(2)36-31-24-9-7-22(27)25(21(24)16-28)35-19-6-8-23-20(15-19)26(34)33(17-30-23)14-4-5-18-10-12-29-13-11-18/h6-9,15,17-18,29,31H,3-5,10-14H2,1-2H3. The number of nitrogens with one attached hydrogen (secondary N) is 2. The quantitative estimate of drug-likeness (QED) is 0.372. The number of nitriles is 1. The van der Waals surface area contributed by atoms with Gasteiger partial charge in [0.15, 0.2) is 11.6 Å². The number of hydrogen-bond acceptors (Lipinski definition) is 8. The molecule has 0 bridgehead atoms. The first-order chi connectivity index (χ1) is 17.5. The van der Waals surface area contributed by atoms with Gasteiger partial charge >= 0.3 is 0 Å². The monoisotopic (exact) mass is 510 g/mol. The average molecular weight is 511 g/mol. The Morgan fingerprint density at radius 3 is 2.89 bits per heavy atom. The largest absolute Gasteiger partial charge is 0.453 e. The smallest absolute Gasteiger partial charge is 0.261 e. The van der Waals surface area contributed by atoms with Gasteiger partial charge in [-0.05, 0) is 82.1 Å². The van der Waals surface area contributed by atoms with Crippen LogP contribution >= 0.6 is 12.1 Å². The van der Waals surface area contributed by atoms with Gasteiger partial charge in [0.2, 0.25) is 0 Å². The lowest BCUT2D eigenvalue weighted by atomic mass is 9.93. The van der Waals surface area contributed by atoms with Crippen LogP contribution in [0.25, 0.3) is 10.9 Å². The highest BCUT2D eigenvalue weighted by Gasteiger charge is 2.18. The number of fused-ring (bicyclic) bond motifs is 1. The van der Waals surface area contributed by atoms with Crippen LogP contribution in [-0.4, -0.2) is 40.5 Å². The van der Waals surface area contributed by atoms with Gasteiger partial charge in [0.1, 0.15) is 17.4 Å². The number of piperidine rings is 1. The van der Waals surface area contributed by atoms with Crippen LogP contribution in [0, 0.1) is 23.1 Å². The number of hydrogen-bond donors (Lipinski definition) is 2. The predicted octanol–water partition coefficient (Wildman–Crippen LogP) is 4.91. The van der Waals surface area contributed by atoms with E-state index in [1.165, 1.54) is 37.1 Å². The van der Waals surface area contributed by atoms with Crippen LogP contribution in [0.4, 0.5) is 10.1 Å². The summed E-state index contributed by atoms with van der Waals surface area (Å²) in [6.07, 6.45) is 5.94. The second kappa shape index (κ2) is 12.2. The lowest BCUT2D eigenvalue weighted by Gasteiger charge is -2.22. The van der Waals surface area contributed by atoms with Crippen molar-refractivity contribution >= 4 is 28.7 Å². The molecule has 0 atom stereocenters. The van der Waals surface area contributed by atoms with E-state index in [0.717, 1.165) is 32.5 Å². The van der Waals surface area contributed by atoms with E-state index < -0.39 is 5.82 Å². The third kappa shape index (κ3) is 6.16. The van der Waals surface area contributed by atoms with Gasteiger partial charge in [-0.3, -0.25) is 9.36 Å². The number of aromatic nitrogens is 2. The second-order valence-corrected chi connectivity index (χ2v) is 9.92. The Morgan fingerprint density at radius 1 is 1.33 bits per heavy atom. The molecule has 1 aliphatic rings. The molecular formula is C26H31FN6O2S. The molecule has 0 spiro atoms. The highest BCUT2D eigenvalue weighted by Crippen LogP contribution is 2.34. The van der Waals surface area contributed by atoms with E-state index in [0.29, 0.717) is 29.1 Å². The molecule has 10 heteroatoms. The summed E-state index contributed by atoms with van der Waals surface area (Å²) in [6.45, 7) is 5.50. The van der Waals surface area contributed by atoms with Crippen molar-refractivity contribution in [2.75, 3.05) is 31.4 Å². The van der Waals surface area contributed by atoms with Crippen molar-refractivity contribution in [3.63, 3.8) is 0 Å². The predicted molar refractivity (Wildman–Crippen MR) is 142 cm³/mol. The molecule has 1 aliphatic heterocycles. The van der Waals surface area contributed by atoms with Gasteiger partial charge in [0.25, 0.3) is 5.56 Å². The number of halogens is 1. The lowest BCUT2D eigenvalue weighted by Crippen LogP contribution is -2.28. The maximum absolute atomic E-state index is 14.7. The molecule has 0 unspecified atom stereocenters. The van der Waals surface area contributed by atoms with E-state index in [1.807, 2.05) is 24.3 Å². The maximum Gasteiger partial charge on any atom is 0.261 e. The summed E-state index contributed by atoms with van der Waals surface area (Å²) in [7, 11) is 1.90. The highest BCUT2D eigenvalue weighted by atomic mass is 32.2. The van der Waals surface area contributed by atoms with Crippen LogP contribution in [0.1, 0.15) is 38.2 Å². The number of ether oxygens (including phenoxy) is 1. The fourth-order valence-corrected chi connectivity index (χ4v) is 4.80. The second-order valence-electron chi connectivity index (χ2n) is 8.91. The normalized spacial score (nSPS) is 14.2. The number of nitrogens with zero attached hydrogens (tertiary/aromatic N) is 4. The van der Waals surface area contributed by atoms with Crippen LogP contribution in [-0.2, 0) is 6.54 Å². The summed E-state index contributed by atoms with van der Waals surface area (Å²) in [5.74, 6) is 0.116. The van der Waals surface area contributed by atoms with Crippen molar-refractivity contribution in [3.05, 3.63) is 58.4 Å². The summed E-state index contributed by atoms with van der Waals surface area (Å²) in [6, 6.07) is 9.65. The summed E-state index contributed by atoms with van der Waals surface area (Å²) < 4.78 is 27.2. The van der Waals surface area contributed by atoms with E-state index in [1.54, 1.807) is 29.1 Å². The Hall–Kier alpha value is -3.13. The van der Waals surface area contributed by atoms with Gasteiger partial charge < -0.3 is 14.8 Å². The van der Waals surface area contributed by atoms with Crippen molar-refractivity contribution in [3.8, 4) is 17.6 Å². The van der Waals surface area contributed by atoms with Crippen LogP contribution < -0.4 is 20.3 Å².